The topological polar surface area (TPSA) is 44.3 Å². The molecular weight excluding hydrogens is 238 g/mol. The van der Waals surface area contributed by atoms with Gasteiger partial charge in [-0.25, -0.2) is 0 Å². The van der Waals surface area contributed by atoms with Crippen LogP contribution in [0.25, 0.3) is 0 Å². The summed E-state index contributed by atoms with van der Waals surface area (Å²) < 4.78 is 0. The van der Waals surface area contributed by atoms with Gasteiger partial charge in [0.05, 0.1) is 5.69 Å². The molecule has 1 aromatic rings. The summed E-state index contributed by atoms with van der Waals surface area (Å²) in [6, 6.07) is 4.13. The van der Waals surface area contributed by atoms with Gasteiger partial charge in [0.15, 0.2) is 5.82 Å². The van der Waals surface area contributed by atoms with E-state index in [0.717, 1.165) is 44.2 Å². The first-order chi connectivity index (χ1) is 9.00. The Hall–Kier alpha value is -1.20. The molecule has 0 amide bonds. The minimum Gasteiger partial charge on any atom is -0.353 e. The molecule has 1 aromatic heterocycles. The number of rotatable bonds is 3. The Morgan fingerprint density at radius 1 is 1.11 bits per heavy atom. The largest absolute Gasteiger partial charge is 0.353 e. The van der Waals surface area contributed by atoms with E-state index < -0.39 is 0 Å². The fourth-order valence-corrected chi connectivity index (χ4v) is 2.40. The SMILES string of the molecule is CNCc1ccc(N2CCN(C(C)(C)C)CC2)nn1. The Bertz CT molecular complexity index is 387. The zero-order chi connectivity index (χ0) is 13.9. The standard InChI is InChI=1S/C14H25N5/c1-14(2,3)19-9-7-18(8-10-19)13-6-5-12(11-15-4)16-17-13/h5-6,15H,7-11H2,1-4H3. The third-order valence-corrected chi connectivity index (χ3v) is 3.62. The minimum atomic E-state index is 0.258. The molecule has 0 spiro atoms. The van der Waals surface area contributed by atoms with Crippen LogP contribution in [-0.2, 0) is 6.54 Å². The molecular formula is C14H25N5. The summed E-state index contributed by atoms with van der Waals surface area (Å²) in [7, 11) is 1.92. The van der Waals surface area contributed by atoms with Gasteiger partial charge < -0.3 is 10.2 Å². The van der Waals surface area contributed by atoms with Crippen LogP contribution in [0.2, 0.25) is 0 Å². The maximum Gasteiger partial charge on any atom is 0.151 e. The number of anilines is 1. The van der Waals surface area contributed by atoms with Gasteiger partial charge in [0, 0.05) is 38.3 Å². The van der Waals surface area contributed by atoms with E-state index in [1.54, 1.807) is 0 Å². The van der Waals surface area contributed by atoms with Gasteiger partial charge in [-0.15, -0.1) is 5.10 Å². The monoisotopic (exact) mass is 263 g/mol. The lowest BCUT2D eigenvalue weighted by molar-refractivity contribution is 0.128. The van der Waals surface area contributed by atoms with Crippen molar-refractivity contribution >= 4 is 5.82 Å². The summed E-state index contributed by atoms with van der Waals surface area (Å²) >= 11 is 0. The molecule has 2 rings (SSSR count). The van der Waals surface area contributed by atoms with Gasteiger partial charge >= 0.3 is 0 Å². The van der Waals surface area contributed by atoms with Crippen molar-refractivity contribution in [3.05, 3.63) is 17.8 Å². The lowest BCUT2D eigenvalue weighted by Crippen LogP contribution is -2.53. The molecule has 0 unspecified atom stereocenters. The molecule has 1 aliphatic rings. The zero-order valence-electron chi connectivity index (χ0n) is 12.5. The van der Waals surface area contributed by atoms with Crippen LogP contribution in [0.1, 0.15) is 26.5 Å². The van der Waals surface area contributed by atoms with Crippen LogP contribution in [0, 0.1) is 0 Å². The zero-order valence-corrected chi connectivity index (χ0v) is 12.5. The van der Waals surface area contributed by atoms with Gasteiger partial charge in [-0.1, -0.05) is 0 Å². The number of nitrogens with zero attached hydrogens (tertiary/aromatic N) is 4. The van der Waals surface area contributed by atoms with E-state index in [4.69, 9.17) is 0 Å². The molecule has 0 radical (unpaired) electrons. The van der Waals surface area contributed by atoms with E-state index in [1.807, 2.05) is 7.05 Å². The molecule has 0 aromatic carbocycles. The predicted molar refractivity (Wildman–Crippen MR) is 78.3 cm³/mol. The van der Waals surface area contributed by atoms with E-state index in [0.29, 0.717) is 0 Å². The van der Waals surface area contributed by atoms with Crippen LogP contribution >= 0.6 is 0 Å². The third kappa shape index (κ3) is 3.64. The van der Waals surface area contributed by atoms with E-state index in [2.05, 4.69) is 58.2 Å². The van der Waals surface area contributed by atoms with Crippen molar-refractivity contribution < 1.29 is 0 Å². The molecule has 1 aliphatic heterocycles. The summed E-state index contributed by atoms with van der Waals surface area (Å²) in [5.74, 6) is 0.994. The van der Waals surface area contributed by atoms with Gasteiger partial charge in [0.1, 0.15) is 0 Å². The van der Waals surface area contributed by atoms with Crippen molar-refractivity contribution in [2.75, 3.05) is 38.1 Å². The quantitative estimate of drug-likeness (QED) is 0.885. The predicted octanol–water partition coefficient (Wildman–Crippen LogP) is 1.12. The Morgan fingerprint density at radius 3 is 2.26 bits per heavy atom. The second-order valence-corrected chi connectivity index (χ2v) is 6.06. The third-order valence-electron chi connectivity index (χ3n) is 3.62. The van der Waals surface area contributed by atoms with Gasteiger partial charge in [0.25, 0.3) is 0 Å². The van der Waals surface area contributed by atoms with Gasteiger partial charge in [0.2, 0.25) is 0 Å². The summed E-state index contributed by atoms with van der Waals surface area (Å²) in [4.78, 5) is 4.84. The van der Waals surface area contributed by atoms with Crippen LogP contribution in [-0.4, -0.2) is 53.9 Å². The summed E-state index contributed by atoms with van der Waals surface area (Å²) in [6.45, 7) is 11.8. The van der Waals surface area contributed by atoms with Crippen LogP contribution in [0.5, 0.6) is 0 Å². The normalized spacial score (nSPS) is 17.8. The number of piperazine rings is 1. The first-order valence-electron chi connectivity index (χ1n) is 6.98. The highest BCUT2D eigenvalue weighted by molar-refractivity contribution is 5.38. The van der Waals surface area contributed by atoms with Crippen molar-refractivity contribution in [1.82, 2.24) is 20.4 Å². The Morgan fingerprint density at radius 2 is 1.79 bits per heavy atom. The summed E-state index contributed by atoms with van der Waals surface area (Å²) in [6.07, 6.45) is 0. The number of hydrogen-bond donors (Lipinski definition) is 1. The molecule has 2 heterocycles. The van der Waals surface area contributed by atoms with E-state index in [1.165, 1.54) is 0 Å². The average Bonchev–Trinajstić information content (AvgIpc) is 2.39. The summed E-state index contributed by atoms with van der Waals surface area (Å²) in [5.41, 5.74) is 1.24. The molecule has 1 fully saturated rings. The van der Waals surface area contributed by atoms with Crippen LogP contribution in [0.3, 0.4) is 0 Å². The molecule has 5 nitrogen and oxygen atoms in total. The summed E-state index contributed by atoms with van der Waals surface area (Å²) in [5, 5.41) is 11.7. The lowest BCUT2D eigenvalue weighted by Gasteiger charge is -2.42. The first kappa shape index (κ1) is 14.2. The second-order valence-electron chi connectivity index (χ2n) is 6.06. The van der Waals surface area contributed by atoms with Crippen molar-refractivity contribution in [3.63, 3.8) is 0 Å². The molecule has 0 atom stereocenters. The van der Waals surface area contributed by atoms with E-state index in [9.17, 15) is 0 Å². The fourth-order valence-electron chi connectivity index (χ4n) is 2.40. The molecule has 19 heavy (non-hydrogen) atoms. The fraction of sp³-hybridized carbons (Fsp3) is 0.714. The molecule has 0 bridgehead atoms. The minimum absolute atomic E-state index is 0.258. The van der Waals surface area contributed by atoms with E-state index >= 15 is 0 Å². The Kier molecular flexibility index (Phi) is 4.37. The molecule has 0 aliphatic carbocycles. The highest BCUT2D eigenvalue weighted by Crippen LogP contribution is 2.18. The van der Waals surface area contributed by atoms with Crippen molar-refractivity contribution in [3.8, 4) is 0 Å². The highest BCUT2D eigenvalue weighted by Gasteiger charge is 2.26. The maximum atomic E-state index is 4.33. The molecule has 5 heteroatoms. The van der Waals surface area contributed by atoms with E-state index in [-0.39, 0.29) is 5.54 Å². The van der Waals surface area contributed by atoms with Gasteiger partial charge in [-0.05, 0) is 40.0 Å². The first-order valence-corrected chi connectivity index (χ1v) is 6.98. The number of aromatic nitrogens is 2. The van der Waals surface area contributed by atoms with Gasteiger partial charge in [-0.2, -0.15) is 5.10 Å². The second kappa shape index (κ2) is 5.84. The molecule has 1 saturated heterocycles. The number of nitrogens with one attached hydrogen (secondary N) is 1. The van der Waals surface area contributed by atoms with Crippen LogP contribution < -0.4 is 10.2 Å². The Labute approximate surface area is 116 Å². The number of hydrogen-bond acceptors (Lipinski definition) is 5. The molecule has 1 N–H and O–H groups in total. The van der Waals surface area contributed by atoms with Crippen LogP contribution in [0.15, 0.2) is 12.1 Å². The Balaban J connectivity index is 1.94. The maximum absolute atomic E-state index is 4.33. The lowest BCUT2D eigenvalue weighted by atomic mass is 10.1. The molecule has 0 saturated carbocycles. The highest BCUT2D eigenvalue weighted by atomic mass is 15.3. The smallest absolute Gasteiger partial charge is 0.151 e. The van der Waals surface area contributed by atoms with Gasteiger partial charge in [-0.3, -0.25) is 4.90 Å². The van der Waals surface area contributed by atoms with Crippen molar-refractivity contribution in [1.29, 1.82) is 0 Å². The van der Waals surface area contributed by atoms with Crippen LogP contribution in [0.4, 0.5) is 5.82 Å². The molecule has 106 valence electrons. The van der Waals surface area contributed by atoms with Crippen molar-refractivity contribution in [2.45, 2.75) is 32.9 Å². The average molecular weight is 263 g/mol. The van der Waals surface area contributed by atoms with Crippen molar-refractivity contribution in [2.24, 2.45) is 0 Å².